The van der Waals surface area contributed by atoms with Crippen molar-refractivity contribution in [3.05, 3.63) is 204 Å². The number of aromatic nitrogens is 3. The van der Waals surface area contributed by atoms with Crippen LogP contribution in [0.3, 0.4) is 0 Å². The molecule has 6 nitrogen and oxygen atoms in total. The first-order chi connectivity index (χ1) is 32.4. The van der Waals surface area contributed by atoms with Crippen molar-refractivity contribution in [2.45, 2.75) is 19.3 Å². The molecular weight excluding hydrogens is 914 g/mol. The van der Waals surface area contributed by atoms with Gasteiger partial charge >= 0.3 is 29.4 Å². The van der Waals surface area contributed by atoms with E-state index in [4.69, 9.17) is 0 Å². The molecule has 11 rings (SSSR count). The summed E-state index contributed by atoms with van der Waals surface area (Å²) in [5, 5.41) is 16.9. The summed E-state index contributed by atoms with van der Waals surface area (Å²) >= 11 is 0. The maximum atomic E-state index is 13.9. The Morgan fingerprint density at radius 2 is 0.838 bits per heavy atom. The van der Waals surface area contributed by atoms with E-state index < -0.39 is 23.5 Å². The number of halogens is 6. The molecule has 13 heteroatoms. The van der Waals surface area contributed by atoms with Crippen molar-refractivity contribution in [2.75, 3.05) is 0 Å². The maximum Gasteiger partial charge on any atom is 2.00 e. The fourth-order valence-corrected chi connectivity index (χ4v) is 8.50. The number of para-hydroxylation sites is 2. The topological polar surface area (TPSA) is 79.2 Å². The molecule has 0 unspecified atom stereocenters. The molecule has 0 spiro atoms. The van der Waals surface area contributed by atoms with E-state index in [9.17, 15) is 26.3 Å². The molecule has 0 bridgehead atoms. The quantitative estimate of drug-likeness (QED) is 0.0721. The molecule has 8 aromatic carbocycles. The molecule has 334 valence electrons. The molecule has 0 amide bonds. The van der Waals surface area contributed by atoms with Gasteiger partial charge in [-0.15, -0.1) is 22.7 Å². The van der Waals surface area contributed by atoms with Crippen molar-refractivity contribution in [2.24, 2.45) is 4.99 Å². The van der Waals surface area contributed by atoms with Crippen molar-refractivity contribution in [1.82, 2.24) is 15.0 Å². The van der Waals surface area contributed by atoms with Gasteiger partial charge in [0.25, 0.3) is 0 Å². The SMILES string of the molecule is C=Nc1c([N-]c2cccc3c2ncc2ccccc23)cc(C(F)(F)F)cc1-c1ccccc1C.FC(F)(F)c1cc([N-]c2cccc3c2ncc2ccccc23)c2ncc3ccccc3c2c1.[Fe+2]. The van der Waals surface area contributed by atoms with Gasteiger partial charge in [0.2, 0.25) is 0 Å². The van der Waals surface area contributed by atoms with E-state index in [1.165, 1.54) is 0 Å². The second kappa shape index (κ2) is 18.1. The predicted octanol–water partition coefficient (Wildman–Crippen LogP) is 17.5. The predicted molar refractivity (Wildman–Crippen MR) is 259 cm³/mol. The number of hydrogen-bond donors (Lipinski definition) is 0. The number of rotatable bonds is 6. The molecule has 0 saturated heterocycles. The number of aliphatic imine (C=N–C) groups is 1. The molecule has 0 N–H and O–H groups in total. The largest absolute Gasteiger partial charge is 2.00 e. The second-order valence-corrected chi connectivity index (χ2v) is 15.9. The van der Waals surface area contributed by atoms with Gasteiger partial charge in [0.05, 0.1) is 33.4 Å². The molecule has 0 fully saturated rings. The zero-order valence-corrected chi connectivity index (χ0v) is 36.9. The summed E-state index contributed by atoms with van der Waals surface area (Å²) in [5.41, 5.74) is 3.40. The average Bonchev–Trinajstić information content (AvgIpc) is 3.33. The van der Waals surface area contributed by atoms with Gasteiger partial charge < -0.3 is 10.6 Å². The number of aryl methyl sites for hydroxylation is 1. The van der Waals surface area contributed by atoms with E-state index in [0.29, 0.717) is 55.5 Å². The van der Waals surface area contributed by atoms with Crippen LogP contribution in [0.1, 0.15) is 16.7 Å². The van der Waals surface area contributed by atoms with Gasteiger partial charge in [-0.25, -0.2) is 0 Å². The summed E-state index contributed by atoms with van der Waals surface area (Å²) in [5.74, 6) is 0. The molecule has 0 aliphatic heterocycles. The summed E-state index contributed by atoms with van der Waals surface area (Å²) in [6, 6.07) is 45.6. The summed E-state index contributed by atoms with van der Waals surface area (Å²) < 4.78 is 83.0. The van der Waals surface area contributed by atoms with Gasteiger partial charge in [0, 0.05) is 56.5 Å². The fourth-order valence-electron chi connectivity index (χ4n) is 8.50. The van der Waals surface area contributed by atoms with Gasteiger partial charge in [-0.2, -0.15) is 26.3 Å². The van der Waals surface area contributed by atoms with Crippen molar-refractivity contribution in [1.29, 1.82) is 0 Å². The molecule has 0 aliphatic rings. The minimum atomic E-state index is -4.55. The van der Waals surface area contributed by atoms with Gasteiger partial charge in [0.15, 0.2) is 0 Å². The van der Waals surface area contributed by atoms with Crippen LogP contribution >= 0.6 is 0 Å². The second-order valence-electron chi connectivity index (χ2n) is 15.9. The Morgan fingerprint density at radius 1 is 0.426 bits per heavy atom. The Labute approximate surface area is 395 Å². The van der Waals surface area contributed by atoms with E-state index in [1.54, 1.807) is 55.0 Å². The number of pyridine rings is 3. The Bertz CT molecular complexity index is 3740. The minimum Gasteiger partial charge on any atom is -0.654 e. The van der Waals surface area contributed by atoms with Crippen molar-refractivity contribution in [3.63, 3.8) is 0 Å². The van der Waals surface area contributed by atoms with E-state index in [-0.39, 0.29) is 28.4 Å². The normalized spacial score (nSPS) is 11.7. The van der Waals surface area contributed by atoms with Crippen molar-refractivity contribution in [3.8, 4) is 11.1 Å². The summed E-state index contributed by atoms with van der Waals surface area (Å²) in [6.07, 6.45) is -3.89. The third-order valence-corrected chi connectivity index (χ3v) is 11.7. The Balaban J connectivity index is 0.000000167. The third-order valence-electron chi connectivity index (χ3n) is 11.7. The number of alkyl halides is 6. The average molecular weight is 949 g/mol. The first-order valence-corrected chi connectivity index (χ1v) is 21.0. The Hall–Kier alpha value is -7.86. The van der Waals surface area contributed by atoms with Crippen LogP contribution in [-0.4, -0.2) is 21.7 Å². The molecule has 0 saturated carbocycles. The first-order valence-electron chi connectivity index (χ1n) is 21.0. The maximum absolute atomic E-state index is 13.9. The van der Waals surface area contributed by atoms with Crippen LogP contribution in [0, 0.1) is 6.92 Å². The van der Waals surface area contributed by atoms with Crippen LogP contribution in [-0.2, 0) is 29.4 Å². The number of nitrogens with zero attached hydrogens (tertiary/aromatic N) is 6. The smallest absolute Gasteiger partial charge is 0.654 e. The zero-order valence-electron chi connectivity index (χ0n) is 35.8. The van der Waals surface area contributed by atoms with E-state index in [0.717, 1.165) is 67.5 Å². The van der Waals surface area contributed by atoms with Gasteiger partial charge in [-0.1, -0.05) is 146 Å². The molecule has 68 heavy (non-hydrogen) atoms. The third kappa shape index (κ3) is 8.53. The van der Waals surface area contributed by atoms with Crippen LogP contribution in [0.4, 0.5) is 54.8 Å². The standard InChI is InChI=1S/C28H19F3N3.C27H15F3N3.Fe/c1-17-8-3-5-10-20(17)23-14-19(28(29,30)31)15-25(26(23)32-2)34-24-13-7-12-22-21-11-6-4-9-18(21)16-33-27(22)24;28-27(29,30)18-12-22-20-9-4-2-7-17(20)15-32-26(22)24(13-18)33-23-11-5-10-21-19-8-3-1-6-16(19)14-31-25(21)23;/h3-16H,2H2,1H3;1-15H;/q2*-1;+2. The molecule has 0 aliphatic carbocycles. The van der Waals surface area contributed by atoms with Gasteiger partial charge in [-0.05, 0) is 53.1 Å². The molecule has 3 heterocycles. The molecule has 0 radical (unpaired) electrons. The van der Waals surface area contributed by atoms with Crippen LogP contribution in [0.15, 0.2) is 181 Å². The number of hydrogen-bond acceptors (Lipinski definition) is 4. The molecule has 0 atom stereocenters. The van der Waals surface area contributed by atoms with Gasteiger partial charge in [-0.3, -0.25) is 19.9 Å². The van der Waals surface area contributed by atoms with Crippen molar-refractivity contribution < 1.29 is 43.4 Å². The minimum absolute atomic E-state index is 0. The van der Waals surface area contributed by atoms with Crippen LogP contribution < -0.4 is 0 Å². The van der Waals surface area contributed by atoms with Crippen molar-refractivity contribution >= 4 is 100 Å². The van der Waals surface area contributed by atoms with Crippen LogP contribution in [0.25, 0.3) is 86.8 Å². The summed E-state index contributed by atoms with van der Waals surface area (Å²) in [6.45, 7) is 5.48. The summed E-state index contributed by atoms with van der Waals surface area (Å²) in [7, 11) is 0. The molecular formula is C55H34F6FeN6. The monoisotopic (exact) mass is 948 g/mol. The molecule has 3 aromatic heterocycles. The summed E-state index contributed by atoms with van der Waals surface area (Å²) in [4.78, 5) is 17.7. The fraction of sp³-hybridized carbons (Fsp3) is 0.0545. The first kappa shape index (κ1) is 45.3. The zero-order chi connectivity index (χ0) is 46.5. The Kier molecular flexibility index (Phi) is 12.0. The Morgan fingerprint density at radius 3 is 1.34 bits per heavy atom. The van der Waals surface area contributed by atoms with E-state index in [2.05, 4.69) is 37.3 Å². The van der Waals surface area contributed by atoms with Crippen LogP contribution in [0.5, 0.6) is 0 Å². The number of benzene rings is 8. The number of fused-ring (bicyclic) bond motifs is 9. The van der Waals surface area contributed by atoms with Crippen LogP contribution in [0.2, 0.25) is 0 Å². The van der Waals surface area contributed by atoms with E-state index in [1.807, 2.05) is 104 Å². The van der Waals surface area contributed by atoms with E-state index >= 15 is 0 Å². The molecule has 11 aromatic rings. The van der Waals surface area contributed by atoms with Gasteiger partial charge in [0.1, 0.15) is 0 Å².